The van der Waals surface area contributed by atoms with E-state index in [1.54, 1.807) is 36.5 Å². The summed E-state index contributed by atoms with van der Waals surface area (Å²) in [5, 5.41) is 15.4. The molecule has 4 aromatic rings. The normalized spacial score (nSPS) is 14.1. The molecule has 4 N–H and O–H groups in total. The highest BCUT2D eigenvalue weighted by atomic mass is 32.3. The number of hydrogen-bond donors (Lipinski definition) is 2. The van der Waals surface area contributed by atoms with Crippen LogP contribution in [0.4, 0.5) is 0 Å². The Labute approximate surface area is 187 Å². The molecule has 4 rings (SSSR count). The van der Waals surface area contributed by atoms with Crippen molar-refractivity contribution in [3.63, 3.8) is 0 Å². The van der Waals surface area contributed by atoms with Crippen LogP contribution in [-0.4, -0.2) is 40.7 Å². The average Bonchev–Trinajstić information content (AvgIpc) is 3.29. The molecule has 1 unspecified atom stereocenters. The van der Waals surface area contributed by atoms with Gasteiger partial charge in [0, 0.05) is 5.56 Å². The van der Waals surface area contributed by atoms with Crippen LogP contribution >= 0.6 is 10.6 Å². The second-order valence-electron chi connectivity index (χ2n) is 7.51. The largest absolute Gasteiger partial charge is 0.413 e. The van der Waals surface area contributed by atoms with Gasteiger partial charge in [0.1, 0.15) is 10.6 Å². The van der Waals surface area contributed by atoms with Crippen LogP contribution in [0.3, 0.4) is 0 Å². The van der Waals surface area contributed by atoms with Gasteiger partial charge in [-0.25, -0.2) is 4.98 Å². The van der Waals surface area contributed by atoms with Crippen molar-refractivity contribution in [2.45, 2.75) is 30.9 Å². The Balaban J connectivity index is 1.67. The van der Waals surface area contributed by atoms with Gasteiger partial charge in [0.25, 0.3) is 11.8 Å². The molecule has 8 nitrogen and oxygen atoms in total. The number of aryl methyl sites for hydroxylation is 1. The molecule has 9 heteroatoms. The molecule has 2 aromatic carbocycles. The van der Waals surface area contributed by atoms with E-state index >= 15 is 0 Å². The van der Waals surface area contributed by atoms with Crippen molar-refractivity contribution in [1.29, 1.82) is 5.41 Å². The maximum absolute atomic E-state index is 10.5. The average molecular weight is 450 g/mol. The number of rotatable bonds is 6. The summed E-state index contributed by atoms with van der Waals surface area (Å²) in [7, 11) is -2.60. The van der Waals surface area contributed by atoms with E-state index in [0.717, 1.165) is 5.56 Å². The zero-order valence-electron chi connectivity index (χ0n) is 17.8. The van der Waals surface area contributed by atoms with Gasteiger partial charge in [0.2, 0.25) is 5.56 Å². The number of nitrogens with zero attached hydrogens (tertiary/aromatic N) is 4. The second-order valence-corrected chi connectivity index (χ2v) is 10.2. The van der Waals surface area contributed by atoms with Gasteiger partial charge >= 0.3 is 0 Å². The molecule has 0 amide bonds. The van der Waals surface area contributed by atoms with E-state index in [-0.39, 0.29) is 11.1 Å². The van der Waals surface area contributed by atoms with Crippen LogP contribution in [0.15, 0.2) is 64.0 Å². The molecule has 0 bridgehead atoms. The van der Waals surface area contributed by atoms with E-state index < -0.39 is 10.6 Å². The highest BCUT2D eigenvalue weighted by molar-refractivity contribution is 8.24. The monoisotopic (exact) mass is 449 g/mol. The Bertz CT molecular complexity index is 1270. The molecule has 0 fully saturated rings. The molecule has 32 heavy (non-hydrogen) atoms. The molecule has 0 aliphatic carbocycles. The van der Waals surface area contributed by atoms with Crippen molar-refractivity contribution in [2.75, 3.05) is 0 Å². The van der Waals surface area contributed by atoms with Crippen LogP contribution in [0.25, 0.3) is 34.3 Å². The van der Waals surface area contributed by atoms with Crippen LogP contribution in [-0.2, 0) is 0 Å². The van der Waals surface area contributed by atoms with Crippen LogP contribution in [0.5, 0.6) is 0 Å². The summed E-state index contributed by atoms with van der Waals surface area (Å²) in [5.74, 6) is 0.567. The quantitative estimate of drug-likeness (QED) is 0.248. The fraction of sp³-hybridized carbons (Fsp3) is 0.174. The van der Waals surface area contributed by atoms with E-state index in [0.29, 0.717) is 39.0 Å². The van der Waals surface area contributed by atoms with Crippen molar-refractivity contribution >= 4 is 16.8 Å². The van der Waals surface area contributed by atoms with Gasteiger partial charge in [0.05, 0.1) is 40.5 Å². The molecule has 2 aromatic heterocycles. The van der Waals surface area contributed by atoms with Crippen LogP contribution in [0.1, 0.15) is 25.1 Å². The van der Waals surface area contributed by atoms with Gasteiger partial charge in [-0.3, -0.25) is 9.54 Å². The van der Waals surface area contributed by atoms with Gasteiger partial charge < -0.3 is 8.97 Å². The molecule has 1 atom stereocenters. The molecular weight excluding hydrogens is 426 g/mol. The smallest absolute Gasteiger partial charge is 0.268 e. The fourth-order valence-corrected chi connectivity index (χ4v) is 4.16. The van der Waals surface area contributed by atoms with Crippen molar-refractivity contribution in [1.82, 2.24) is 20.2 Å². The summed E-state index contributed by atoms with van der Waals surface area (Å²) in [5.41, 5.74) is 3.84. The number of aromatic nitrogens is 4. The maximum atomic E-state index is 10.5. The lowest BCUT2D eigenvalue weighted by atomic mass is 10.1. The Kier molecular flexibility index (Phi) is 5.82. The summed E-state index contributed by atoms with van der Waals surface area (Å²) in [6, 6.07) is 14.3. The van der Waals surface area contributed by atoms with E-state index in [1.165, 1.54) is 0 Å². The van der Waals surface area contributed by atoms with E-state index in [9.17, 15) is 4.55 Å². The second kappa shape index (κ2) is 8.57. The van der Waals surface area contributed by atoms with Gasteiger partial charge in [0.15, 0.2) is 6.21 Å². The van der Waals surface area contributed by atoms with E-state index in [1.807, 2.05) is 39.0 Å². The Morgan fingerprint density at radius 1 is 1.06 bits per heavy atom. The van der Waals surface area contributed by atoms with E-state index in [4.69, 9.17) is 14.4 Å². The first kappa shape index (κ1) is 21.7. The van der Waals surface area contributed by atoms with Crippen molar-refractivity contribution in [2.24, 2.45) is 0 Å². The molecule has 0 aliphatic rings. The molecule has 0 saturated heterocycles. The summed E-state index contributed by atoms with van der Waals surface area (Å²) >= 11 is 0. The molecule has 0 saturated carbocycles. The fourth-order valence-electron chi connectivity index (χ4n) is 3.06. The highest BCUT2D eigenvalue weighted by Gasteiger charge is 2.24. The first-order valence-corrected chi connectivity index (χ1v) is 11.6. The van der Waals surface area contributed by atoms with Gasteiger partial charge in [-0.1, -0.05) is 22.7 Å². The van der Waals surface area contributed by atoms with Gasteiger partial charge in [-0.2, -0.15) is 5.41 Å². The Morgan fingerprint density at radius 3 is 2.47 bits per heavy atom. The summed E-state index contributed by atoms with van der Waals surface area (Å²) in [6.07, 6.45) is 4.00. The SMILES string of the molecule is Cc1ncc(-c2ccc(S(O)([OH2+])C(C)C)cc2)nc1-c1nnc(-c2cccc([C+]=N)c2)o1. The number of nitrogens with one attached hydrogen (secondary N) is 1. The predicted octanol–water partition coefficient (Wildman–Crippen LogP) is 4.73. The number of benzene rings is 2. The predicted molar refractivity (Wildman–Crippen MR) is 125 cm³/mol. The minimum atomic E-state index is -2.60. The first-order valence-electron chi connectivity index (χ1n) is 9.90. The molecule has 162 valence electrons. The topological polar surface area (TPSA) is 132 Å². The molecule has 0 spiro atoms. The van der Waals surface area contributed by atoms with Gasteiger partial charge in [-0.05, 0) is 45.0 Å². The zero-order chi connectivity index (χ0) is 22.9. The lowest BCUT2D eigenvalue weighted by Crippen LogP contribution is -2.10. The third kappa shape index (κ3) is 4.15. The molecule has 2 heterocycles. The Hall–Kier alpha value is -3.49. The summed E-state index contributed by atoms with van der Waals surface area (Å²) in [4.78, 5) is 9.71. The minimum Gasteiger partial charge on any atom is -0.413 e. The summed E-state index contributed by atoms with van der Waals surface area (Å²) < 4.78 is 24.6. The molecular formula is C23H23N5O3S+2. The molecule has 0 radical (unpaired) electrons. The molecule has 0 aliphatic heterocycles. The third-order valence-electron chi connectivity index (χ3n) is 5.03. The standard InChI is InChI=1S/C23H21N5O3S/c1-14(2)32(29,30)19-9-7-17(8-10-19)20-13-25-15(3)21(26-20)23-28-27-22(31-23)18-6-4-5-16(11-18)12-24/h4-11,13-14,24H,1-3H3,(H-,29,30)/p+2. The number of hydrogen-bond acceptors (Lipinski definition) is 7. The van der Waals surface area contributed by atoms with Gasteiger partial charge in [-0.15, -0.1) is 10.2 Å². The maximum Gasteiger partial charge on any atom is 0.268 e. The van der Waals surface area contributed by atoms with Crippen LogP contribution < -0.4 is 0 Å². The first-order chi connectivity index (χ1) is 15.3. The summed E-state index contributed by atoms with van der Waals surface area (Å²) in [6.45, 7) is 5.49. The zero-order valence-corrected chi connectivity index (χ0v) is 18.6. The lowest BCUT2D eigenvalue weighted by molar-refractivity contribution is 0.476. The van der Waals surface area contributed by atoms with E-state index in [2.05, 4.69) is 26.4 Å². The lowest BCUT2D eigenvalue weighted by Gasteiger charge is -2.31. The van der Waals surface area contributed by atoms with Crippen molar-refractivity contribution in [3.05, 3.63) is 66.0 Å². The Morgan fingerprint density at radius 2 is 1.78 bits per heavy atom. The van der Waals surface area contributed by atoms with Crippen molar-refractivity contribution in [3.8, 4) is 34.3 Å². The highest BCUT2D eigenvalue weighted by Crippen LogP contribution is 2.52. The van der Waals surface area contributed by atoms with Crippen LogP contribution in [0.2, 0.25) is 0 Å². The minimum absolute atomic E-state index is 0.163. The third-order valence-corrected chi connectivity index (χ3v) is 7.38. The van der Waals surface area contributed by atoms with Crippen LogP contribution in [0, 0.1) is 12.3 Å². The van der Waals surface area contributed by atoms with Crippen molar-refractivity contribution < 1.29 is 13.5 Å².